The average molecular weight is 413 g/mol. The maximum absolute atomic E-state index is 12.6. The number of hydrogen-bond donors (Lipinski definition) is 1. The molecule has 2 aliphatic rings. The highest BCUT2D eigenvalue weighted by atomic mass is 32.2. The Bertz CT molecular complexity index is 1030. The first-order chi connectivity index (χ1) is 13.9. The van der Waals surface area contributed by atoms with Crippen molar-refractivity contribution >= 4 is 33.2 Å². The molecule has 4 rings (SSSR count). The molecule has 152 valence electrons. The van der Waals surface area contributed by atoms with Crippen LogP contribution in [0.4, 0.5) is 11.4 Å². The predicted molar refractivity (Wildman–Crippen MR) is 110 cm³/mol. The maximum Gasteiger partial charge on any atom is 0.255 e. The van der Waals surface area contributed by atoms with Crippen molar-refractivity contribution in [2.45, 2.75) is 30.6 Å². The molecule has 0 saturated carbocycles. The van der Waals surface area contributed by atoms with Crippen LogP contribution in [0.1, 0.15) is 36.0 Å². The highest BCUT2D eigenvalue weighted by molar-refractivity contribution is 7.89. The first-order valence-corrected chi connectivity index (χ1v) is 11.2. The second-order valence-corrected chi connectivity index (χ2v) is 9.23. The fourth-order valence-corrected chi connectivity index (χ4v) is 5.25. The zero-order chi connectivity index (χ0) is 20.4. The molecule has 0 bridgehead atoms. The SMILES string of the molecule is O=C(Nc1cccc(N2CCCC2=O)c1)c1ccc(S(=O)(=O)N2CCCC2)cc1. The summed E-state index contributed by atoms with van der Waals surface area (Å²) in [6, 6.07) is 13.2. The third-order valence-electron chi connectivity index (χ3n) is 5.31. The number of carbonyl (C=O) groups is 2. The highest BCUT2D eigenvalue weighted by Crippen LogP contribution is 2.25. The number of sulfonamides is 1. The van der Waals surface area contributed by atoms with Crippen molar-refractivity contribution in [3.8, 4) is 0 Å². The number of benzene rings is 2. The van der Waals surface area contributed by atoms with E-state index in [2.05, 4.69) is 5.32 Å². The van der Waals surface area contributed by atoms with Crippen molar-refractivity contribution < 1.29 is 18.0 Å². The van der Waals surface area contributed by atoms with E-state index in [4.69, 9.17) is 0 Å². The molecule has 2 heterocycles. The van der Waals surface area contributed by atoms with Crippen LogP contribution in [0.15, 0.2) is 53.4 Å². The summed E-state index contributed by atoms with van der Waals surface area (Å²) >= 11 is 0. The Labute approximate surface area is 170 Å². The van der Waals surface area contributed by atoms with Crippen LogP contribution < -0.4 is 10.2 Å². The minimum atomic E-state index is -3.50. The van der Waals surface area contributed by atoms with Crippen LogP contribution in [0, 0.1) is 0 Å². The smallest absolute Gasteiger partial charge is 0.255 e. The van der Waals surface area contributed by atoms with E-state index in [9.17, 15) is 18.0 Å². The minimum absolute atomic E-state index is 0.0864. The number of rotatable bonds is 5. The number of anilines is 2. The molecule has 2 aromatic rings. The Morgan fingerprint density at radius 2 is 1.66 bits per heavy atom. The highest BCUT2D eigenvalue weighted by Gasteiger charge is 2.27. The maximum atomic E-state index is 12.6. The summed E-state index contributed by atoms with van der Waals surface area (Å²) in [4.78, 5) is 26.4. The van der Waals surface area contributed by atoms with Crippen LogP contribution in [-0.4, -0.2) is 44.2 Å². The van der Waals surface area contributed by atoms with Crippen molar-refractivity contribution in [2.24, 2.45) is 0 Å². The van der Waals surface area contributed by atoms with Gasteiger partial charge in [0, 0.05) is 43.0 Å². The van der Waals surface area contributed by atoms with Crippen molar-refractivity contribution in [1.82, 2.24) is 4.31 Å². The second-order valence-electron chi connectivity index (χ2n) is 7.29. The van der Waals surface area contributed by atoms with Gasteiger partial charge in [-0.25, -0.2) is 8.42 Å². The monoisotopic (exact) mass is 413 g/mol. The third kappa shape index (κ3) is 4.04. The quantitative estimate of drug-likeness (QED) is 0.817. The van der Waals surface area contributed by atoms with Gasteiger partial charge in [0.2, 0.25) is 15.9 Å². The van der Waals surface area contributed by atoms with Crippen LogP contribution in [0.3, 0.4) is 0 Å². The number of nitrogens with zero attached hydrogens (tertiary/aromatic N) is 2. The van der Waals surface area contributed by atoms with Crippen LogP contribution in [-0.2, 0) is 14.8 Å². The Kier molecular flexibility index (Phi) is 5.38. The molecule has 0 aromatic heterocycles. The number of hydrogen-bond acceptors (Lipinski definition) is 4. The van der Waals surface area contributed by atoms with Crippen molar-refractivity contribution in [1.29, 1.82) is 0 Å². The molecule has 2 aromatic carbocycles. The molecule has 29 heavy (non-hydrogen) atoms. The van der Waals surface area contributed by atoms with Gasteiger partial charge in [0.25, 0.3) is 5.91 Å². The van der Waals surface area contributed by atoms with E-state index in [0.717, 1.165) is 24.9 Å². The van der Waals surface area contributed by atoms with Gasteiger partial charge in [-0.3, -0.25) is 9.59 Å². The van der Waals surface area contributed by atoms with Gasteiger partial charge in [0.05, 0.1) is 4.90 Å². The molecule has 0 radical (unpaired) electrons. The van der Waals surface area contributed by atoms with E-state index < -0.39 is 10.0 Å². The molecule has 2 aliphatic heterocycles. The molecule has 2 amide bonds. The Hall–Kier alpha value is -2.71. The van der Waals surface area contributed by atoms with Crippen LogP contribution >= 0.6 is 0 Å². The van der Waals surface area contributed by atoms with E-state index in [1.165, 1.54) is 28.6 Å². The van der Waals surface area contributed by atoms with Gasteiger partial charge < -0.3 is 10.2 Å². The lowest BCUT2D eigenvalue weighted by molar-refractivity contribution is -0.117. The molecular formula is C21H23N3O4S. The fourth-order valence-electron chi connectivity index (χ4n) is 3.73. The van der Waals surface area contributed by atoms with Gasteiger partial charge in [0.1, 0.15) is 0 Å². The summed E-state index contributed by atoms with van der Waals surface area (Å²) in [7, 11) is -3.50. The van der Waals surface area contributed by atoms with E-state index in [0.29, 0.717) is 37.3 Å². The topological polar surface area (TPSA) is 86.8 Å². The summed E-state index contributed by atoms with van der Waals surface area (Å²) in [5.41, 5.74) is 1.71. The van der Waals surface area contributed by atoms with Crippen molar-refractivity contribution in [2.75, 3.05) is 29.9 Å². The van der Waals surface area contributed by atoms with E-state index in [1.54, 1.807) is 23.1 Å². The lowest BCUT2D eigenvalue weighted by atomic mass is 10.2. The average Bonchev–Trinajstić information content (AvgIpc) is 3.40. The zero-order valence-electron chi connectivity index (χ0n) is 16.0. The first kappa shape index (κ1) is 19.6. The van der Waals surface area contributed by atoms with Crippen LogP contribution in [0.5, 0.6) is 0 Å². The summed E-state index contributed by atoms with van der Waals surface area (Å²) in [5.74, 6) is -0.247. The van der Waals surface area contributed by atoms with Gasteiger partial charge in [-0.15, -0.1) is 0 Å². The fraction of sp³-hybridized carbons (Fsp3) is 0.333. The Morgan fingerprint density at radius 1 is 0.931 bits per heavy atom. The molecular weight excluding hydrogens is 390 g/mol. The summed E-state index contributed by atoms with van der Waals surface area (Å²) in [5, 5.41) is 2.81. The second kappa shape index (κ2) is 7.96. The molecule has 8 heteroatoms. The summed E-state index contributed by atoms with van der Waals surface area (Å²) < 4.78 is 26.7. The van der Waals surface area contributed by atoms with Gasteiger partial charge in [0.15, 0.2) is 0 Å². The van der Waals surface area contributed by atoms with Gasteiger partial charge in [-0.05, 0) is 61.7 Å². The largest absolute Gasteiger partial charge is 0.322 e. The zero-order valence-corrected chi connectivity index (χ0v) is 16.8. The van der Waals surface area contributed by atoms with E-state index in [-0.39, 0.29) is 16.7 Å². The van der Waals surface area contributed by atoms with Crippen molar-refractivity contribution in [3.63, 3.8) is 0 Å². The standard InChI is InChI=1S/C21H23N3O4S/c25-20-7-4-14-24(20)18-6-3-5-17(15-18)22-21(26)16-8-10-19(11-9-16)29(27,28)23-12-1-2-13-23/h3,5-6,8-11,15H,1-2,4,7,12-14H2,(H,22,26). The van der Waals surface area contributed by atoms with Crippen molar-refractivity contribution in [3.05, 3.63) is 54.1 Å². The van der Waals surface area contributed by atoms with Crippen LogP contribution in [0.2, 0.25) is 0 Å². The molecule has 0 atom stereocenters. The van der Waals surface area contributed by atoms with Gasteiger partial charge >= 0.3 is 0 Å². The number of amides is 2. The first-order valence-electron chi connectivity index (χ1n) is 9.77. The molecule has 2 fully saturated rings. The molecule has 0 unspecified atom stereocenters. The van der Waals surface area contributed by atoms with Crippen LogP contribution in [0.25, 0.3) is 0 Å². The Balaban J connectivity index is 1.47. The molecule has 1 N–H and O–H groups in total. The molecule has 0 spiro atoms. The molecule has 2 saturated heterocycles. The lowest BCUT2D eigenvalue weighted by Crippen LogP contribution is -2.27. The van der Waals surface area contributed by atoms with Gasteiger partial charge in [-0.1, -0.05) is 6.07 Å². The Morgan fingerprint density at radius 3 is 2.31 bits per heavy atom. The predicted octanol–water partition coefficient (Wildman–Crippen LogP) is 2.85. The third-order valence-corrected chi connectivity index (χ3v) is 7.22. The lowest BCUT2D eigenvalue weighted by Gasteiger charge is -2.17. The van der Waals surface area contributed by atoms with E-state index in [1.807, 2.05) is 6.07 Å². The molecule has 7 nitrogen and oxygen atoms in total. The minimum Gasteiger partial charge on any atom is -0.322 e. The summed E-state index contributed by atoms with van der Waals surface area (Å²) in [6.45, 7) is 1.77. The number of nitrogens with one attached hydrogen (secondary N) is 1. The molecule has 0 aliphatic carbocycles. The normalized spacial score (nSPS) is 17.7. The summed E-state index contributed by atoms with van der Waals surface area (Å²) in [6.07, 6.45) is 3.13. The number of carbonyl (C=O) groups excluding carboxylic acids is 2. The van der Waals surface area contributed by atoms with E-state index >= 15 is 0 Å². The van der Waals surface area contributed by atoms with Gasteiger partial charge in [-0.2, -0.15) is 4.31 Å².